The molecule has 40 valence electrons. The van der Waals surface area contributed by atoms with E-state index in [1.165, 1.54) is 0 Å². The van der Waals surface area contributed by atoms with Gasteiger partial charge in [-0.15, -0.1) is 23.5 Å². The van der Waals surface area contributed by atoms with Crippen LogP contribution in [0.15, 0.2) is 0 Å². The smallest absolute Gasteiger partial charge is 0.137 e. The molecule has 0 aromatic rings. The van der Waals surface area contributed by atoms with Crippen molar-refractivity contribution in [3.05, 3.63) is 0 Å². The topological polar surface area (TPSA) is 23.8 Å². The monoisotopic (exact) mass is 133 g/mol. The Balaban J connectivity index is 3.23. The molecule has 0 amide bonds. The molecule has 0 fully saturated rings. The Morgan fingerprint density at radius 2 is 1.86 bits per heavy atom. The van der Waals surface area contributed by atoms with Crippen molar-refractivity contribution in [3.8, 4) is 6.07 Å². The van der Waals surface area contributed by atoms with Crippen LogP contribution in [0.3, 0.4) is 0 Å². The second kappa shape index (κ2) is 4.35. The van der Waals surface area contributed by atoms with Gasteiger partial charge in [0.1, 0.15) is 4.58 Å². The summed E-state index contributed by atoms with van der Waals surface area (Å²) in [5, 5.41) is 8.23. The Morgan fingerprint density at radius 1 is 1.43 bits per heavy atom. The third kappa shape index (κ3) is 2.84. The van der Waals surface area contributed by atoms with Crippen molar-refractivity contribution in [2.24, 2.45) is 0 Å². The van der Waals surface area contributed by atoms with E-state index in [9.17, 15) is 0 Å². The molecule has 0 radical (unpaired) electrons. The van der Waals surface area contributed by atoms with E-state index < -0.39 is 0 Å². The van der Waals surface area contributed by atoms with Crippen LogP contribution in [0.1, 0.15) is 0 Å². The van der Waals surface area contributed by atoms with Crippen LogP contribution in [-0.2, 0) is 0 Å². The molecule has 0 aromatic carbocycles. The largest absolute Gasteiger partial charge is 0.196 e. The van der Waals surface area contributed by atoms with Gasteiger partial charge in [-0.2, -0.15) is 5.26 Å². The summed E-state index contributed by atoms with van der Waals surface area (Å²) >= 11 is 3.14. The molecule has 0 saturated carbocycles. The lowest BCUT2D eigenvalue weighted by atomic mass is 10.9. The van der Waals surface area contributed by atoms with Crippen molar-refractivity contribution in [2.45, 2.75) is 4.58 Å². The summed E-state index contributed by atoms with van der Waals surface area (Å²) in [5.74, 6) is 0. The minimum Gasteiger partial charge on any atom is -0.196 e. The fourth-order valence-corrected chi connectivity index (χ4v) is 1.18. The van der Waals surface area contributed by atoms with Gasteiger partial charge in [0.25, 0.3) is 0 Å². The SMILES string of the molecule is CSC(C#N)SC. The molecule has 0 spiro atoms. The Kier molecular flexibility index (Phi) is 4.47. The van der Waals surface area contributed by atoms with Gasteiger partial charge in [-0.05, 0) is 12.5 Å². The van der Waals surface area contributed by atoms with Crippen molar-refractivity contribution in [1.29, 1.82) is 5.26 Å². The van der Waals surface area contributed by atoms with Crippen LogP contribution >= 0.6 is 23.5 Å². The zero-order chi connectivity index (χ0) is 5.70. The summed E-state index contributed by atoms with van der Waals surface area (Å²) < 4.78 is 0.125. The Bertz CT molecular complexity index is 72.2. The molecule has 0 aliphatic rings. The molecule has 0 atom stereocenters. The standard InChI is InChI=1S/C4H7NS2/c1-6-4(3-5)7-2/h4H,1-2H3. The molecule has 0 rings (SSSR count). The molecular formula is C4H7NS2. The Labute approximate surface area is 52.5 Å². The fourth-order valence-electron chi connectivity index (χ4n) is 0.202. The van der Waals surface area contributed by atoms with Crippen molar-refractivity contribution in [2.75, 3.05) is 12.5 Å². The van der Waals surface area contributed by atoms with Crippen molar-refractivity contribution >= 4 is 23.5 Å². The van der Waals surface area contributed by atoms with Crippen LogP contribution in [0.4, 0.5) is 0 Å². The summed E-state index contributed by atoms with van der Waals surface area (Å²) in [6, 6.07) is 2.13. The molecule has 0 aliphatic heterocycles. The minimum absolute atomic E-state index is 0.125. The summed E-state index contributed by atoms with van der Waals surface area (Å²) in [6.45, 7) is 0. The average molecular weight is 133 g/mol. The van der Waals surface area contributed by atoms with E-state index >= 15 is 0 Å². The molecule has 1 nitrogen and oxygen atoms in total. The first-order valence-corrected chi connectivity index (χ1v) is 4.38. The fraction of sp³-hybridized carbons (Fsp3) is 0.750. The van der Waals surface area contributed by atoms with Gasteiger partial charge in [0.2, 0.25) is 0 Å². The van der Waals surface area contributed by atoms with E-state index in [0.29, 0.717) is 0 Å². The van der Waals surface area contributed by atoms with Crippen molar-refractivity contribution in [3.63, 3.8) is 0 Å². The third-order valence-corrected chi connectivity index (χ3v) is 2.76. The molecule has 0 N–H and O–H groups in total. The lowest BCUT2D eigenvalue weighted by molar-refractivity contribution is 1.47. The van der Waals surface area contributed by atoms with E-state index in [1.54, 1.807) is 23.5 Å². The molecule has 0 saturated heterocycles. The van der Waals surface area contributed by atoms with Gasteiger partial charge < -0.3 is 0 Å². The number of hydrogen-bond donors (Lipinski definition) is 0. The number of nitrogens with zero attached hydrogens (tertiary/aromatic N) is 1. The maximum atomic E-state index is 8.23. The number of thioether (sulfide) groups is 2. The van der Waals surface area contributed by atoms with Crippen LogP contribution < -0.4 is 0 Å². The van der Waals surface area contributed by atoms with Gasteiger partial charge in [-0.3, -0.25) is 0 Å². The Hall–Kier alpha value is 0.190. The minimum atomic E-state index is 0.125. The normalized spacial score (nSPS) is 8.86. The molecule has 3 heteroatoms. The molecule has 0 bridgehead atoms. The van der Waals surface area contributed by atoms with Crippen LogP contribution in [-0.4, -0.2) is 17.1 Å². The highest BCUT2D eigenvalue weighted by Gasteiger charge is 1.97. The quantitative estimate of drug-likeness (QED) is 0.534. The van der Waals surface area contributed by atoms with Gasteiger partial charge in [0.05, 0.1) is 6.07 Å². The van der Waals surface area contributed by atoms with Gasteiger partial charge in [-0.25, -0.2) is 0 Å². The molecular weight excluding hydrogens is 126 g/mol. The number of rotatable bonds is 2. The van der Waals surface area contributed by atoms with Gasteiger partial charge in [0, 0.05) is 0 Å². The molecule has 0 unspecified atom stereocenters. The van der Waals surface area contributed by atoms with Crippen LogP contribution in [0, 0.1) is 11.3 Å². The molecule has 7 heavy (non-hydrogen) atoms. The van der Waals surface area contributed by atoms with Gasteiger partial charge in [0.15, 0.2) is 0 Å². The highest BCUT2D eigenvalue weighted by Crippen LogP contribution is 2.15. The van der Waals surface area contributed by atoms with Crippen molar-refractivity contribution < 1.29 is 0 Å². The van der Waals surface area contributed by atoms with E-state index in [2.05, 4.69) is 6.07 Å². The first-order chi connectivity index (χ1) is 3.35. The molecule has 0 heterocycles. The van der Waals surface area contributed by atoms with Gasteiger partial charge in [-0.1, -0.05) is 0 Å². The second-order valence-corrected chi connectivity index (χ2v) is 3.12. The maximum Gasteiger partial charge on any atom is 0.137 e. The summed E-state index contributed by atoms with van der Waals surface area (Å²) in [4.78, 5) is 0. The van der Waals surface area contributed by atoms with Crippen molar-refractivity contribution in [1.82, 2.24) is 0 Å². The lowest BCUT2D eigenvalue weighted by Crippen LogP contribution is -1.85. The van der Waals surface area contributed by atoms with Crippen LogP contribution in [0.5, 0.6) is 0 Å². The number of hydrogen-bond acceptors (Lipinski definition) is 3. The maximum absolute atomic E-state index is 8.23. The highest BCUT2D eigenvalue weighted by atomic mass is 32.2. The first kappa shape index (κ1) is 7.19. The van der Waals surface area contributed by atoms with Gasteiger partial charge >= 0.3 is 0 Å². The average Bonchev–Trinajstić information content (AvgIpc) is 1.72. The zero-order valence-electron chi connectivity index (χ0n) is 4.34. The van der Waals surface area contributed by atoms with E-state index in [1.807, 2.05) is 12.5 Å². The van der Waals surface area contributed by atoms with Crippen LogP contribution in [0.25, 0.3) is 0 Å². The van der Waals surface area contributed by atoms with E-state index in [4.69, 9.17) is 5.26 Å². The number of nitriles is 1. The second-order valence-electron chi connectivity index (χ2n) is 0.932. The predicted octanol–water partition coefficient (Wildman–Crippen LogP) is 1.56. The van der Waals surface area contributed by atoms with Crippen LogP contribution in [0.2, 0.25) is 0 Å². The Morgan fingerprint density at radius 3 is 1.86 bits per heavy atom. The predicted molar refractivity (Wildman–Crippen MR) is 36.4 cm³/mol. The highest BCUT2D eigenvalue weighted by molar-refractivity contribution is 8.16. The lowest BCUT2D eigenvalue weighted by Gasteiger charge is -1.95. The third-order valence-electron chi connectivity index (χ3n) is 0.534. The summed E-state index contributed by atoms with van der Waals surface area (Å²) in [6.07, 6.45) is 3.87. The summed E-state index contributed by atoms with van der Waals surface area (Å²) in [5.41, 5.74) is 0. The first-order valence-electron chi connectivity index (χ1n) is 1.80. The molecule has 0 aromatic heterocycles. The summed E-state index contributed by atoms with van der Waals surface area (Å²) in [7, 11) is 0. The van der Waals surface area contributed by atoms with E-state index in [0.717, 1.165) is 0 Å². The molecule has 0 aliphatic carbocycles. The zero-order valence-corrected chi connectivity index (χ0v) is 5.97. The van der Waals surface area contributed by atoms with E-state index in [-0.39, 0.29) is 4.58 Å².